The molecule has 1 atom stereocenters. The van der Waals surface area contributed by atoms with Gasteiger partial charge in [-0.05, 0) is 24.6 Å². The fourth-order valence-electron chi connectivity index (χ4n) is 0.724. The first-order valence-corrected chi connectivity index (χ1v) is 3.98. The summed E-state index contributed by atoms with van der Waals surface area (Å²) in [6.07, 6.45) is 0. The minimum Gasteiger partial charge on any atom is -1.00 e. The van der Waals surface area contributed by atoms with E-state index in [4.69, 9.17) is 4.55 Å². The van der Waals surface area contributed by atoms with Gasteiger partial charge in [-0.2, -0.15) is 0 Å². The molecule has 1 N–H and O–H groups in total. The number of aryl methyl sites for hydroxylation is 1. The molecule has 0 saturated heterocycles. The number of hydrogen-bond donors (Lipinski definition) is 1. The second-order valence-electron chi connectivity index (χ2n) is 2.07. The molecule has 0 spiro atoms. The second-order valence-corrected chi connectivity index (χ2v) is 3.04. The van der Waals surface area contributed by atoms with Crippen molar-refractivity contribution in [2.45, 2.75) is 11.8 Å². The molecular formula is C7H9NaO2S. The van der Waals surface area contributed by atoms with Crippen LogP contribution in [0.4, 0.5) is 0 Å². The van der Waals surface area contributed by atoms with E-state index in [9.17, 15) is 4.21 Å². The van der Waals surface area contributed by atoms with Gasteiger partial charge in [0.15, 0.2) is 11.1 Å². The summed E-state index contributed by atoms with van der Waals surface area (Å²) in [5.74, 6) is 0. The summed E-state index contributed by atoms with van der Waals surface area (Å²) in [5, 5.41) is 0. The van der Waals surface area contributed by atoms with Crippen LogP contribution in [-0.4, -0.2) is 8.76 Å². The van der Waals surface area contributed by atoms with Crippen LogP contribution in [0.25, 0.3) is 0 Å². The van der Waals surface area contributed by atoms with Crippen molar-refractivity contribution in [2.24, 2.45) is 0 Å². The first-order valence-electron chi connectivity index (χ1n) is 2.87. The molecule has 0 aliphatic heterocycles. The van der Waals surface area contributed by atoms with Crippen LogP contribution in [-0.2, 0) is 11.1 Å². The van der Waals surface area contributed by atoms with Gasteiger partial charge >= 0.3 is 29.6 Å². The van der Waals surface area contributed by atoms with E-state index in [-0.39, 0.29) is 31.0 Å². The Hall–Kier alpha value is 0.330. The van der Waals surface area contributed by atoms with Crippen molar-refractivity contribution >= 4 is 11.1 Å². The van der Waals surface area contributed by atoms with Crippen molar-refractivity contribution in [1.29, 1.82) is 0 Å². The van der Waals surface area contributed by atoms with Gasteiger partial charge in [0.1, 0.15) is 0 Å². The number of benzene rings is 1. The van der Waals surface area contributed by atoms with E-state index in [0.717, 1.165) is 5.56 Å². The first kappa shape index (κ1) is 11.3. The standard InChI is InChI=1S/C7H8O2S.Na.H/c1-6-3-2-4-7(5-6)10(8)9;;/h2-5H,1H3,(H,8,9);;/q;+1;-1. The molecule has 0 fully saturated rings. The van der Waals surface area contributed by atoms with Crippen molar-refractivity contribution in [3.05, 3.63) is 29.8 Å². The van der Waals surface area contributed by atoms with Crippen LogP contribution in [0.3, 0.4) is 0 Å². The second kappa shape index (κ2) is 5.06. The zero-order valence-corrected chi connectivity index (χ0v) is 9.39. The molecule has 56 valence electrons. The van der Waals surface area contributed by atoms with Gasteiger partial charge in [0, 0.05) is 0 Å². The van der Waals surface area contributed by atoms with Gasteiger partial charge < -0.3 is 5.98 Å². The van der Waals surface area contributed by atoms with Crippen LogP contribution in [0.15, 0.2) is 29.2 Å². The largest absolute Gasteiger partial charge is 1.00 e. The molecule has 0 aliphatic carbocycles. The summed E-state index contributed by atoms with van der Waals surface area (Å²) in [5.41, 5.74) is 1.000. The van der Waals surface area contributed by atoms with Crippen LogP contribution in [0, 0.1) is 6.92 Å². The van der Waals surface area contributed by atoms with Gasteiger partial charge in [-0.1, -0.05) is 12.1 Å². The average molecular weight is 180 g/mol. The molecule has 1 aromatic carbocycles. The van der Waals surface area contributed by atoms with Gasteiger partial charge in [0.2, 0.25) is 0 Å². The molecule has 4 heteroatoms. The molecule has 0 amide bonds. The molecule has 0 radical (unpaired) electrons. The summed E-state index contributed by atoms with van der Waals surface area (Å²) in [6.45, 7) is 1.89. The van der Waals surface area contributed by atoms with Gasteiger partial charge in [-0.15, -0.1) is 0 Å². The smallest absolute Gasteiger partial charge is 1.00 e. The molecule has 1 aromatic rings. The van der Waals surface area contributed by atoms with Gasteiger partial charge in [0.25, 0.3) is 0 Å². The third-order valence-corrected chi connectivity index (χ3v) is 1.85. The third-order valence-electron chi connectivity index (χ3n) is 1.19. The Balaban J connectivity index is 0. The molecule has 1 unspecified atom stereocenters. The van der Waals surface area contributed by atoms with Crippen LogP contribution in [0.1, 0.15) is 6.99 Å². The maximum absolute atomic E-state index is 10.5. The molecule has 0 heterocycles. The Kier molecular flexibility index (Phi) is 5.21. The van der Waals surface area contributed by atoms with Crippen molar-refractivity contribution in [2.75, 3.05) is 0 Å². The predicted molar refractivity (Wildman–Crippen MR) is 41.3 cm³/mol. The summed E-state index contributed by atoms with van der Waals surface area (Å²) >= 11 is -1.84. The number of rotatable bonds is 1. The predicted octanol–water partition coefficient (Wildman–Crippen LogP) is -1.31. The molecule has 0 aromatic heterocycles. The van der Waals surface area contributed by atoms with E-state index in [1.54, 1.807) is 18.2 Å². The Labute approximate surface area is 92.1 Å². The monoisotopic (exact) mass is 180 g/mol. The normalized spacial score (nSPS) is 11.8. The first-order chi connectivity index (χ1) is 4.70. The Bertz CT molecular complexity index is 267. The molecule has 2 nitrogen and oxygen atoms in total. The SMILES string of the molecule is Cc1cccc(S(=O)O)c1.[H-].[Na+]. The third kappa shape index (κ3) is 3.49. The molecule has 0 aliphatic rings. The van der Waals surface area contributed by atoms with Gasteiger partial charge in [0.05, 0.1) is 4.90 Å². The van der Waals surface area contributed by atoms with Gasteiger partial charge in [-0.25, -0.2) is 4.21 Å². The van der Waals surface area contributed by atoms with Crippen molar-refractivity contribution in [3.8, 4) is 0 Å². The zero-order valence-electron chi connectivity index (χ0n) is 7.57. The minimum absolute atomic E-state index is 0. The van der Waals surface area contributed by atoms with Crippen molar-refractivity contribution in [3.63, 3.8) is 0 Å². The fourth-order valence-corrected chi connectivity index (χ4v) is 1.21. The summed E-state index contributed by atoms with van der Waals surface area (Å²) in [4.78, 5) is 0.458. The van der Waals surface area contributed by atoms with Crippen LogP contribution in [0.2, 0.25) is 0 Å². The zero-order chi connectivity index (χ0) is 7.56. The topological polar surface area (TPSA) is 37.3 Å². The van der Waals surface area contributed by atoms with E-state index in [1.165, 1.54) is 0 Å². The maximum Gasteiger partial charge on any atom is 1.00 e. The number of hydrogen-bond acceptors (Lipinski definition) is 1. The van der Waals surface area contributed by atoms with Crippen LogP contribution in [0.5, 0.6) is 0 Å². The van der Waals surface area contributed by atoms with Crippen molar-refractivity contribution < 1.29 is 39.7 Å². The van der Waals surface area contributed by atoms with E-state index < -0.39 is 11.1 Å². The van der Waals surface area contributed by atoms with E-state index in [0.29, 0.717) is 4.90 Å². The van der Waals surface area contributed by atoms with Gasteiger partial charge in [-0.3, -0.25) is 0 Å². The maximum atomic E-state index is 10.5. The molecule has 1 rings (SSSR count). The van der Waals surface area contributed by atoms with E-state index >= 15 is 0 Å². The Morgan fingerprint density at radius 2 is 2.18 bits per heavy atom. The summed E-state index contributed by atoms with van der Waals surface area (Å²) in [7, 11) is 0. The molecule has 11 heavy (non-hydrogen) atoms. The summed E-state index contributed by atoms with van der Waals surface area (Å²) < 4.78 is 19.1. The quantitative estimate of drug-likeness (QED) is 0.430. The fraction of sp³-hybridized carbons (Fsp3) is 0.143. The molecule has 0 saturated carbocycles. The van der Waals surface area contributed by atoms with Crippen LogP contribution < -0.4 is 29.6 Å². The van der Waals surface area contributed by atoms with Crippen molar-refractivity contribution in [1.82, 2.24) is 0 Å². The molecular weight excluding hydrogens is 171 g/mol. The van der Waals surface area contributed by atoms with E-state index in [1.807, 2.05) is 13.0 Å². The molecule has 0 bridgehead atoms. The van der Waals surface area contributed by atoms with Crippen LogP contribution >= 0.6 is 0 Å². The average Bonchev–Trinajstić information content (AvgIpc) is 1.88. The Morgan fingerprint density at radius 3 is 2.55 bits per heavy atom. The minimum atomic E-state index is -1.84. The summed E-state index contributed by atoms with van der Waals surface area (Å²) in [6, 6.07) is 6.97. The van der Waals surface area contributed by atoms with E-state index in [2.05, 4.69) is 0 Å². The Morgan fingerprint density at radius 1 is 1.55 bits per heavy atom.